The molecule has 3 atom stereocenters. The van der Waals surface area contributed by atoms with Gasteiger partial charge in [-0.2, -0.15) is 11.8 Å². The molecule has 2 aliphatic rings. The number of carbonyl (C=O) groups is 3. The molecule has 1 aromatic rings. The molecule has 3 unspecified atom stereocenters. The Labute approximate surface area is 194 Å². The number of benzene rings is 1. The zero-order chi connectivity index (χ0) is 23.6. The molecule has 10 heteroatoms. The summed E-state index contributed by atoms with van der Waals surface area (Å²) >= 11 is 1.54. The molecule has 0 radical (unpaired) electrons. The zero-order valence-electron chi connectivity index (χ0n) is 19.0. The summed E-state index contributed by atoms with van der Waals surface area (Å²) in [7, 11) is -0.794. The highest BCUT2D eigenvalue weighted by Crippen LogP contribution is 2.39. The van der Waals surface area contributed by atoms with Crippen molar-refractivity contribution in [2.75, 3.05) is 31.4 Å². The van der Waals surface area contributed by atoms with Crippen LogP contribution in [0.25, 0.3) is 0 Å². The number of nitrogens with zero attached hydrogens (tertiary/aromatic N) is 2. The second-order valence-electron chi connectivity index (χ2n) is 8.60. The molecule has 1 heterocycles. The molecule has 8 nitrogen and oxygen atoms in total. The predicted molar refractivity (Wildman–Crippen MR) is 125 cm³/mol. The summed E-state index contributed by atoms with van der Waals surface area (Å²) in [5.41, 5.74) is 0.872. The number of thioether (sulfide) groups is 1. The molecule has 2 fully saturated rings. The van der Waals surface area contributed by atoms with E-state index in [1.165, 1.54) is 36.8 Å². The fraction of sp³-hybridized carbons (Fsp3) is 0.591. The van der Waals surface area contributed by atoms with Crippen LogP contribution in [0.3, 0.4) is 0 Å². The number of fused-ring (bicyclic) bond motifs is 1. The molecular weight excluding hydrogens is 450 g/mol. The van der Waals surface area contributed by atoms with E-state index in [1.807, 2.05) is 6.26 Å². The maximum Gasteiger partial charge on any atom is 0.247 e. The maximum absolute atomic E-state index is 13.3. The minimum absolute atomic E-state index is 0.0975. The van der Waals surface area contributed by atoms with Crippen LogP contribution < -0.4 is 5.32 Å². The number of anilines is 1. The van der Waals surface area contributed by atoms with E-state index in [4.69, 9.17) is 0 Å². The summed E-state index contributed by atoms with van der Waals surface area (Å²) < 4.78 is 26.4. The number of sulfonamides is 1. The summed E-state index contributed by atoms with van der Waals surface area (Å²) in [6.45, 7) is 1.69. The predicted octanol–water partition coefficient (Wildman–Crippen LogP) is 2.48. The highest BCUT2D eigenvalue weighted by atomic mass is 32.2. The molecule has 176 valence electrons. The number of imide groups is 1. The van der Waals surface area contributed by atoms with Crippen LogP contribution in [0.4, 0.5) is 5.69 Å². The monoisotopic (exact) mass is 481 g/mol. The van der Waals surface area contributed by atoms with Crippen molar-refractivity contribution in [1.82, 2.24) is 9.21 Å². The molecular formula is C22H31N3O5S2. The van der Waals surface area contributed by atoms with Crippen LogP contribution in [0.5, 0.6) is 0 Å². The van der Waals surface area contributed by atoms with Gasteiger partial charge >= 0.3 is 0 Å². The van der Waals surface area contributed by atoms with E-state index in [-0.39, 0.29) is 28.5 Å². The van der Waals surface area contributed by atoms with E-state index in [9.17, 15) is 22.8 Å². The number of aryl methyl sites for hydroxylation is 1. The average Bonchev–Trinajstić information content (AvgIpc) is 3.00. The molecule has 1 N–H and O–H groups in total. The van der Waals surface area contributed by atoms with Gasteiger partial charge in [0.15, 0.2) is 0 Å². The Kier molecular flexibility index (Phi) is 7.67. The van der Waals surface area contributed by atoms with Gasteiger partial charge in [0.05, 0.1) is 16.7 Å². The first-order valence-corrected chi connectivity index (χ1v) is 13.6. The van der Waals surface area contributed by atoms with Crippen LogP contribution >= 0.6 is 11.8 Å². The maximum atomic E-state index is 13.3. The normalized spacial score (nSPS) is 22.2. The van der Waals surface area contributed by atoms with Crippen molar-refractivity contribution in [2.24, 2.45) is 11.8 Å². The third-order valence-electron chi connectivity index (χ3n) is 6.30. The van der Waals surface area contributed by atoms with Crippen LogP contribution in [0.15, 0.2) is 23.1 Å². The largest absolute Gasteiger partial charge is 0.324 e. The summed E-state index contributed by atoms with van der Waals surface area (Å²) in [5.74, 6) is -1.01. The molecule has 1 aliphatic carbocycles. The van der Waals surface area contributed by atoms with E-state index >= 15 is 0 Å². The van der Waals surface area contributed by atoms with Crippen molar-refractivity contribution >= 4 is 45.2 Å². The third-order valence-corrected chi connectivity index (χ3v) is 8.90. The molecule has 0 bridgehead atoms. The number of amides is 3. The second-order valence-corrected chi connectivity index (χ2v) is 11.7. The van der Waals surface area contributed by atoms with Crippen LogP contribution in [0.2, 0.25) is 0 Å². The molecule has 0 spiro atoms. The molecule has 1 saturated heterocycles. The Balaban J connectivity index is 1.88. The van der Waals surface area contributed by atoms with Crippen LogP contribution in [0, 0.1) is 18.8 Å². The Morgan fingerprint density at radius 2 is 1.78 bits per heavy atom. The Hall–Kier alpha value is -1.91. The molecule has 0 aromatic heterocycles. The van der Waals surface area contributed by atoms with Gasteiger partial charge in [-0.1, -0.05) is 18.9 Å². The van der Waals surface area contributed by atoms with Crippen molar-refractivity contribution in [3.63, 3.8) is 0 Å². The van der Waals surface area contributed by atoms with Crippen LogP contribution in [-0.4, -0.2) is 67.5 Å². The standard InChI is InChI=1S/C22H31N3O5S2/c1-14-9-10-15(13-19(14)32(29,30)24(2)3)23-20(26)18(11-12-31-4)25-21(27)16-7-5-6-8-17(16)22(25)28/h9-10,13,16-18H,5-8,11-12H2,1-4H3,(H,23,26). The van der Waals surface area contributed by atoms with E-state index < -0.39 is 22.0 Å². The van der Waals surface area contributed by atoms with Gasteiger partial charge < -0.3 is 5.32 Å². The lowest BCUT2D eigenvalue weighted by atomic mass is 9.81. The second kappa shape index (κ2) is 9.93. The van der Waals surface area contributed by atoms with Crippen molar-refractivity contribution in [2.45, 2.75) is 50.0 Å². The zero-order valence-corrected chi connectivity index (χ0v) is 20.6. The summed E-state index contributed by atoms with van der Waals surface area (Å²) in [4.78, 5) is 40.6. The Bertz CT molecular complexity index is 985. The third kappa shape index (κ3) is 4.72. The lowest BCUT2D eigenvalue weighted by molar-refractivity contribution is -0.146. The number of likely N-dealkylation sites (tertiary alicyclic amines) is 1. The summed E-state index contributed by atoms with van der Waals surface area (Å²) in [5, 5.41) is 2.75. The van der Waals surface area contributed by atoms with Crippen molar-refractivity contribution in [1.29, 1.82) is 0 Å². The van der Waals surface area contributed by atoms with Gasteiger partial charge in [-0.15, -0.1) is 0 Å². The van der Waals surface area contributed by atoms with Gasteiger partial charge in [-0.05, 0) is 55.9 Å². The van der Waals surface area contributed by atoms with Crippen molar-refractivity contribution < 1.29 is 22.8 Å². The molecule has 1 aromatic carbocycles. The van der Waals surface area contributed by atoms with E-state index in [0.717, 1.165) is 17.1 Å². The van der Waals surface area contributed by atoms with E-state index in [2.05, 4.69) is 5.32 Å². The van der Waals surface area contributed by atoms with Gasteiger partial charge in [0.1, 0.15) is 6.04 Å². The SMILES string of the molecule is CSCCC(C(=O)Nc1ccc(C)c(S(=O)(=O)N(C)C)c1)N1C(=O)C2CCCCC2C1=O. The van der Waals surface area contributed by atoms with Crippen molar-refractivity contribution in [3.05, 3.63) is 23.8 Å². The van der Waals surface area contributed by atoms with Crippen LogP contribution in [-0.2, 0) is 24.4 Å². The number of rotatable bonds is 8. The van der Waals surface area contributed by atoms with E-state index in [1.54, 1.807) is 19.1 Å². The Morgan fingerprint density at radius 1 is 1.19 bits per heavy atom. The lowest BCUT2D eigenvalue weighted by Crippen LogP contribution is -2.48. The van der Waals surface area contributed by atoms with Gasteiger partial charge in [-0.3, -0.25) is 19.3 Å². The average molecular weight is 482 g/mol. The first kappa shape index (κ1) is 24.7. The first-order valence-electron chi connectivity index (χ1n) is 10.8. The molecule has 1 aliphatic heterocycles. The summed E-state index contributed by atoms with van der Waals surface area (Å²) in [6.07, 6.45) is 5.46. The quantitative estimate of drug-likeness (QED) is 0.572. The minimum atomic E-state index is -3.69. The summed E-state index contributed by atoms with van der Waals surface area (Å²) in [6, 6.07) is 3.76. The number of hydrogen-bond donors (Lipinski definition) is 1. The fourth-order valence-electron chi connectivity index (χ4n) is 4.48. The number of carbonyl (C=O) groups excluding carboxylic acids is 3. The number of nitrogens with one attached hydrogen (secondary N) is 1. The van der Waals surface area contributed by atoms with E-state index in [0.29, 0.717) is 36.3 Å². The van der Waals surface area contributed by atoms with Gasteiger partial charge in [0.25, 0.3) is 0 Å². The Morgan fingerprint density at radius 3 is 2.31 bits per heavy atom. The van der Waals surface area contributed by atoms with Gasteiger partial charge in [0.2, 0.25) is 27.7 Å². The fourth-order valence-corrected chi connectivity index (χ4v) is 6.08. The highest BCUT2D eigenvalue weighted by molar-refractivity contribution is 7.98. The highest BCUT2D eigenvalue weighted by Gasteiger charge is 2.51. The number of hydrogen-bond acceptors (Lipinski definition) is 6. The van der Waals surface area contributed by atoms with Crippen molar-refractivity contribution in [3.8, 4) is 0 Å². The molecule has 1 saturated carbocycles. The smallest absolute Gasteiger partial charge is 0.247 e. The molecule has 32 heavy (non-hydrogen) atoms. The molecule has 3 rings (SSSR count). The van der Waals surface area contributed by atoms with Crippen LogP contribution in [0.1, 0.15) is 37.7 Å². The van der Waals surface area contributed by atoms with Gasteiger partial charge in [0, 0.05) is 19.8 Å². The van der Waals surface area contributed by atoms with Gasteiger partial charge in [-0.25, -0.2) is 12.7 Å². The first-order chi connectivity index (χ1) is 15.1. The lowest BCUT2D eigenvalue weighted by Gasteiger charge is -2.26. The molecule has 3 amide bonds. The minimum Gasteiger partial charge on any atom is -0.324 e. The topological polar surface area (TPSA) is 104 Å².